The summed E-state index contributed by atoms with van der Waals surface area (Å²) in [5.74, 6) is -2.95. The third-order valence-electron chi connectivity index (χ3n) is 5.66. The summed E-state index contributed by atoms with van der Waals surface area (Å²) in [4.78, 5) is 40.3. The molecule has 0 bridgehead atoms. The predicted molar refractivity (Wildman–Crippen MR) is 100 cm³/mol. The number of aromatic hydroxyl groups is 1. The molecule has 144 valence electrons. The molecule has 2 aliphatic heterocycles. The number of anilines is 1. The number of esters is 1. The summed E-state index contributed by atoms with van der Waals surface area (Å²) in [6, 6.07) is 14.5. The molecule has 2 heterocycles. The topological polar surface area (TPSA) is 95.9 Å². The molecular formula is C21H20N2O5. The number of phenolic OH excluding ortho intramolecular Hbond substituents is 1. The van der Waals surface area contributed by atoms with Gasteiger partial charge in [-0.1, -0.05) is 30.3 Å². The molecule has 0 aromatic heterocycles. The van der Waals surface area contributed by atoms with E-state index in [0.29, 0.717) is 11.3 Å². The number of phenols is 1. The van der Waals surface area contributed by atoms with Crippen LogP contribution >= 0.6 is 0 Å². The van der Waals surface area contributed by atoms with E-state index in [4.69, 9.17) is 4.74 Å². The molecule has 2 aromatic carbocycles. The number of para-hydroxylation sites is 1. The summed E-state index contributed by atoms with van der Waals surface area (Å²) >= 11 is 0. The van der Waals surface area contributed by atoms with Crippen LogP contribution in [0.1, 0.15) is 18.5 Å². The fourth-order valence-corrected chi connectivity index (χ4v) is 4.34. The second-order valence-electron chi connectivity index (χ2n) is 7.26. The number of carbonyl (C=O) groups excluding carboxylic acids is 3. The van der Waals surface area contributed by atoms with Gasteiger partial charge in [-0.05, 0) is 36.8 Å². The summed E-state index contributed by atoms with van der Waals surface area (Å²) in [6.45, 7) is 1.59. The van der Waals surface area contributed by atoms with Gasteiger partial charge in [-0.3, -0.25) is 19.7 Å². The molecule has 2 saturated heterocycles. The number of benzene rings is 2. The van der Waals surface area contributed by atoms with Crippen LogP contribution in [0.2, 0.25) is 0 Å². The predicted octanol–water partition coefficient (Wildman–Crippen LogP) is 1.77. The van der Waals surface area contributed by atoms with Crippen molar-refractivity contribution < 1.29 is 24.2 Å². The Morgan fingerprint density at radius 1 is 1.07 bits per heavy atom. The number of methoxy groups -OCH3 is 1. The first-order valence-corrected chi connectivity index (χ1v) is 8.96. The monoisotopic (exact) mass is 380 g/mol. The SMILES string of the molecule is COC(=O)[C@]1(C)N[C@H](c2ccc(O)cc2)[C@H]2C(=O)N(c3ccccc3)C(=O)[C@H]21. The molecule has 0 spiro atoms. The van der Waals surface area contributed by atoms with E-state index >= 15 is 0 Å². The van der Waals surface area contributed by atoms with E-state index in [1.807, 2.05) is 0 Å². The average molecular weight is 380 g/mol. The molecule has 0 saturated carbocycles. The molecule has 7 heteroatoms. The van der Waals surface area contributed by atoms with Gasteiger partial charge >= 0.3 is 5.97 Å². The third-order valence-corrected chi connectivity index (χ3v) is 5.66. The molecule has 2 fully saturated rings. The second-order valence-corrected chi connectivity index (χ2v) is 7.26. The number of hydrogen-bond donors (Lipinski definition) is 2. The van der Waals surface area contributed by atoms with Gasteiger partial charge in [-0.25, -0.2) is 4.90 Å². The van der Waals surface area contributed by atoms with E-state index in [2.05, 4.69) is 5.32 Å². The Kier molecular flexibility index (Phi) is 4.19. The van der Waals surface area contributed by atoms with Gasteiger partial charge in [0.15, 0.2) is 0 Å². The normalized spacial score (nSPS) is 29.1. The molecule has 0 aliphatic carbocycles. The Bertz CT molecular complexity index is 943. The Hall–Kier alpha value is -3.19. The van der Waals surface area contributed by atoms with Crippen molar-refractivity contribution in [2.45, 2.75) is 18.5 Å². The summed E-state index contributed by atoms with van der Waals surface area (Å²) in [5, 5.41) is 12.7. The minimum Gasteiger partial charge on any atom is -0.508 e. The van der Waals surface area contributed by atoms with Crippen LogP contribution in [0, 0.1) is 11.8 Å². The zero-order valence-electron chi connectivity index (χ0n) is 15.5. The fourth-order valence-electron chi connectivity index (χ4n) is 4.34. The van der Waals surface area contributed by atoms with Crippen molar-refractivity contribution >= 4 is 23.5 Å². The lowest BCUT2D eigenvalue weighted by Crippen LogP contribution is -2.54. The van der Waals surface area contributed by atoms with Crippen molar-refractivity contribution in [2.24, 2.45) is 11.8 Å². The first-order chi connectivity index (χ1) is 13.4. The van der Waals surface area contributed by atoms with Crippen molar-refractivity contribution in [1.29, 1.82) is 0 Å². The maximum atomic E-state index is 13.3. The minimum absolute atomic E-state index is 0.0914. The maximum absolute atomic E-state index is 13.3. The van der Waals surface area contributed by atoms with Gasteiger partial charge in [-0.15, -0.1) is 0 Å². The lowest BCUT2D eigenvalue weighted by Gasteiger charge is -2.28. The van der Waals surface area contributed by atoms with Crippen LogP contribution < -0.4 is 10.2 Å². The smallest absolute Gasteiger partial charge is 0.326 e. The maximum Gasteiger partial charge on any atom is 0.326 e. The van der Waals surface area contributed by atoms with Crippen LogP contribution in [-0.4, -0.2) is 35.5 Å². The number of imide groups is 1. The van der Waals surface area contributed by atoms with Gasteiger partial charge < -0.3 is 9.84 Å². The Labute approximate surface area is 161 Å². The largest absolute Gasteiger partial charge is 0.508 e. The number of rotatable bonds is 3. The van der Waals surface area contributed by atoms with Gasteiger partial charge in [0.1, 0.15) is 11.3 Å². The van der Waals surface area contributed by atoms with Crippen LogP contribution in [0.15, 0.2) is 54.6 Å². The van der Waals surface area contributed by atoms with Gasteiger partial charge in [0.25, 0.3) is 0 Å². The highest BCUT2D eigenvalue weighted by Crippen LogP contribution is 2.50. The lowest BCUT2D eigenvalue weighted by atomic mass is 9.80. The van der Waals surface area contributed by atoms with Gasteiger partial charge in [-0.2, -0.15) is 0 Å². The summed E-state index contributed by atoms with van der Waals surface area (Å²) in [5.41, 5.74) is -0.168. The van der Waals surface area contributed by atoms with Crippen molar-refractivity contribution in [2.75, 3.05) is 12.0 Å². The standard InChI is InChI=1S/C21H20N2O5/c1-21(20(27)28-2)16-15(17(22-21)12-8-10-14(24)11-9-12)18(25)23(19(16)26)13-6-4-3-5-7-13/h3-11,15-17,22,24H,1-2H3/t15-,16-,17+,21+/m0/s1. The minimum atomic E-state index is -1.35. The van der Waals surface area contributed by atoms with Crippen LogP contribution in [0.5, 0.6) is 5.75 Å². The molecule has 4 rings (SSSR count). The van der Waals surface area contributed by atoms with Crippen molar-refractivity contribution in [3.63, 3.8) is 0 Å². The number of nitrogens with one attached hydrogen (secondary N) is 1. The van der Waals surface area contributed by atoms with Crippen molar-refractivity contribution in [1.82, 2.24) is 5.32 Å². The first kappa shape index (κ1) is 18.2. The Balaban J connectivity index is 1.82. The van der Waals surface area contributed by atoms with Crippen molar-refractivity contribution in [3.05, 3.63) is 60.2 Å². The van der Waals surface area contributed by atoms with Gasteiger partial charge in [0.2, 0.25) is 11.8 Å². The molecule has 2 aromatic rings. The number of carbonyl (C=O) groups is 3. The van der Waals surface area contributed by atoms with E-state index in [9.17, 15) is 19.5 Å². The van der Waals surface area contributed by atoms with Crippen LogP contribution in [0.3, 0.4) is 0 Å². The molecule has 2 N–H and O–H groups in total. The highest BCUT2D eigenvalue weighted by atomic mass is 16.5. The number of amides is 2. The quantitative estimate of drug-likeness (QED) is 0.622. The molecular weight excluding hydrogens is 360 g/mol. The fraction of sp³-hybridized carbons (Fsp3) is 0.286. The molecule has 2 aliphatic rings. The summed E-state index contributed by atoms with van der Waals surface area (Å²) in [7, 11) is 1.26. The second kappa shape index (κ2) is 6.45. The zero-order chi connectivity index (χ0) is 20.1. The van der Waals surface area contributed by atoms with Gasteiger partial charge in [0.05, 0.1) is 24.6 Å². The lowest BCUT2D eigenvalue weighted by molar-refractivity contribution is -0.151. The Morgan fingerprint density at radius 3 is 2.32 bits per heavy atom. The van der Waals surface area contributed by atoms with Crippen LogP contribution in [0.4, 0.5) is 5.69 Å². The average Bonchev–Trinajstić information content (AvgIpc) is 3.16. The molecule has 4 atom stereocenters. The van der Waals surface area contributed by atoms with E-state index in [1.54, 1.807) is 49.4 Å². The van der Waals surface area contributed by atoms with E-state index in [1.165, 1.54) is 19.2 Å². The molecule has 0 unspecified atom stereocenters. The molecule has 2 amide bonds. The van der Waals surface area contributed by atoms with E-state index in [-0.39, 0.29) is 11.7 Å². The van der Waals surface area contributed by atoms with Crippen LogP contribution in [0.25, 0.3) is 0 Å². The summed E-state index contributed by atoms with van der Waals surface area (Å²) < 4.78 is 4.95. The van der Waals surface area contributed by atoms with Crippen LogP contribution in [-0.2, 0) is 19.1 Å². The Morgan fingerprint density at radius 2 is 1.71 bits per heavy atom. The van der Waals surface area contributed by atoms with Gasteiger partial charge in [0, 0.05) is 6.04 Å². The third kappa shape index (κ3) is 2.51. The van der Waals surface area contributed by atoms with Crippen molar-refractivity contribution in [3.8, 4) is 5.75 Å². The van der Waals surface area contributed by atoms with E-state index in [0.717, 1.165) is 4.90 Å². The molecule has 7 nitrogen and oxygen atoms in total. The highest BCUT2D eigenvalue weighted by molar-refractivity contribution is 6.24. The van der Waals surface area contributed by atoms with E-state index < -0.39 is 35.3 Å². The molecule has 0 radical (unpaired) electrons. The number of fused-ring (bicyclic) bond motifs is 1. The molecule has 28 heavy (non-hydrogen) atoms. The first-order valence-electron chi connectivity index (χ1n) is 8.96. The number of hydrogen-bond acceptors (Lipinski definition) is 6. The zero-order valence-corrected chi connectivity index (χ0v) is 15.5. The highest BCUT2D eigenvalue weighted by Gasteiger charge is 2.67. The number of ether oxygens (including phenoxy) is 1. The number of nitrogens with zero attached hydrogens (tertiary/aromatic N) is 1. The summed E-state index contributed by atoms with van der Waals surface area (Å²) in [6.07, 6.45) is 0.